The van der Waals surface area contributed by atoms with Gasteiger partial charge in [-0.2, -0.15) is 0 Å². The van der Waals surface area contributed by atoms with Gasteiger partial charge in [0.25, 0.3) is 0 Å². The molecule has 14 aromatic carbocycles. The molecule has 0 atom stereocenters. The molecule has 14 aromatic rings. The van der Waals surface area contributed by atoms with Crippen LogP contribution in [0.1, 0.15) is 79.6 Å². The van der Waals surface area contributed by atoms with Crippen LogP contribution in [0.5, 0.6) is 0 Å². The first-order valence-corrected chi connectivity index (χ1v) is 34.5. The van der Waals surface area contributed by atoms with Crippen LogP contribution in [-0.2, 0) is 10.8 Å². The molecule has 0 unspecified atom stereocenters. The summed E-state index contributed by atoms with van der Waals surface area (Å²) in [7, 11) is 0. The second-order valence-electron chi connectivity index (χ2n) is 26.8. The summed E-state index contributed by atoms with van der Waals surface area (Å²) in [6.45, 7) is 18.2. The molecule has 16 rings (SSSR count). The number of fused-ring (bicyclic) bond motifs is 6. The normalized spacial score (nSPS) is 12.4. The van der Waals surface area contributed by atoms with Crippen LogP contribution in [0.2, 0.25) is 0 Å². The van der Waals surface area contributed by atoms with Gasteiger partial charge in [0, 0.05) is 54.6 Å². The molecular formula is C95H83BrN2. The fourth-order valence-electron chi connectivity index (χ4n) is 14.7. The summed E-state index contributed by atoms with van der Waals surface area (Å²) in [5, 5.41) is 3.87. The fourth-order valence-corrected chi connectivity index (χ4v) is 15.0. The fraction of sp³-hybridized carbons (Fsp3) is 0.116. The molecule has 0 saturated heterocycles. The van der Waals surface area contributed by atoms with E-state index < -0.39 is 0 Å². The zero-order valence-electron chi connectivity index (χ0n) is 56.5. The van der Waals surface area contributed by atoms with E-state index >= 15 is 0 Å². The Bertz CT molecular complexity index is 5180. The Hall–Kier alpha value is -10.8. The van der Waals surface area contributed by atoms with E-state index in [1.165, 1.54) is 139 Å². The summed E-state index contributed by atoms with van der Waals surface area (Å²) >= 11 is 3.42. The molecule has 0 radical (unpaired) electrons. The van der Waals surface area contributed by atoms with Gasteiger partial charge in [-0.25, -0.2) is 0 Å². The zero-order chi connectivity index (χ0) is 66.8. The molecule has 0 bridgehead atoms. The first-order valence-electron chi connectivity index (χ1n) is 33.8. The molecule has 2 nitrogen and oxygen atoms in total. The number of nitrogens with one attached hydrogen (secondary N) is 1. The van der Waals surface area contributed by atoms with Crippen LogP contribution in [0.15, 0.2) is 332 Å². The van der Waals surface area contributed by atoms with Crippen molar-refractivity contribution < 1.29 is 0 Å². The Kier molecular flexibility index (Phi) is 18.9. The number of benzene rings is 14. The highest BCUT2D eigenvalue weighted by atomic mass is 79.9. The molecule has 1 N–H and O–H groups in total. The van der Waals surface area contributed by atoms with Gasteiger partial charge in [-0.1, -0.05) is 318 Å². The van der Waals surface area contributed by atoms with E-state index in [0.29, 0.717) is 0 Å². The van der Waals surface area contributed by atoms with Crippen LogP contribution < -0.4 is 10.2 Å². The highest BCUT2D eigenvalue weighted by Crippen LogP contribution is 2.56. The van der Waals surface area contributed by atoms with Crippen molar-refractivity contribution >= 4 is 44.4 Å². The zero-order valence-corrected chi connectivity index (χ0v) is 58.1. The van der Waals surface area contributed by atoms with Crippen molar-refractivity contribution in [2.75, 3.05) is 10.2 Å². The lowest BCUT2D eigenvalue weighted by molar-refractivity contribution is 0.660. The monoisotopic (exact) mass is 1330 g/mol. The second kappa shape index (κ2) is 28.1. The quantitative estimate of drug-likeness (QED) is 0.139. The van der Waals surface area contributed by atoms with E-state index in [4.69, 9.17) is 0 Å². The number of nitrogens with zero attached hydrogens (tertiary/aromatic N) is 1. The van der Waals surface area contributed by atoms with Crippen molar-refractivity contribution in [3.8, 4) is 89.0 Å². The van der Waals surface area contributed by atoms with Gasteiger partial charge < -0.3 is 10.2 Å². The molecule has 0 amide bonds. The number of hydrogen-bond donors (Lipinski definition) is 1. The van der Waals surface area contributed by atoms with Crippen LogP contribution >= 0.6 is 15.9 Å². The predicted octanol–water partition coefficient (Wildman–Crippen LogP) is 27.5. The number of anilines is 5. The molecule has 2 aliphatic carbocycles. The van der Waals surface area contributed by atoms with E-state index in [2.05, 4.69) is 403 Å². The van der Waals surface area contributed by atoms with Crippen molar-refractivity contribution in [2.24, 2.45) is 0 Å². The van der Waals surface area contributed by atoms with Gasteiger partial charge in [-0.3, -0.25) is 0 Å². The molecule has 0 aliphatic heterocycles. The number of halogens is 1. The average Bonchev–Trinajstić information content (AvgIpc) is 1.56. The maximum Gasteiger partial charge on any atom is 0.0543 e. The first kappa shape index (κ1) is 65.8. The van der Waals surface area contributed by atoms with Gasteiger partial charge in [0.2, 0.25) is 0 Å². The Labute approximate surface area is 589 Å². The minimum absolute atomic E-state index is 0. The molecular weight excluding hydrogens is 1250 g/mol. The van der Waals surface area contributed by atoms with Crippen LogP contribution in [0, 0.1) is 27.7 Å². The van der Waals surface area contributed by atoms with Crippen molar-refractivity contribution in [3.05, 3.63) is 377 Å². The van der Waals surface area contributed by atoms with Crippen molar-refractivity contribution in [1.82, 2.24) is 0 Å². The minimum Gasteiger partial charge on any atom is -0.355 e. The Morgan fingerprint density at radius 2 is 0.633 bits per heavy atom. The van der Waals surface area contributed by atoms with Gasteiger partial charge in [-0.15, -0.1) is 0 Å². The molecule has 2 aliphatic rings. The third-order valence-corrected chi connectivity index (χ3v) is 20.5. The Morgan fingerprint density at radius 3 is 1.14 bits per heavy atom. The summed E-state index contributed by atoms with van der Waals surface area (Å²) < 4.78 is 1.12. The maximum absolute atomic E-state index is 3.87. The molecule has 98 heavy (non-hydrogen) atoms. The standard InChI is InChI=1S/C47H39N.C35H31N.C12H9Br.CH4/c1-32-15-8-10-19-38(32)36-27-30-44(41(31-36)39-20-11-9-16-33(39)2)48(37-28-25-35(26-29-37)34-17-6-5-7-18-34)45-24-14-23-43-46(45)40-21-12-13-22-42(40)47(43,3)4;1-23-12-5-7-14-26(23)25-20-21-32(29(22-25)27-15-8-6-13-24(27)2)36-33-19-11-18-31-34(33)28-16-9-10-17-30(28)35(31,3)4;13-12-8-6-11(7-9-12)10-4-2-1-3-5-10;/h5-31H,1-4H3;5-22,36H,1-4H3;1-9H;1H4. The summed E-state index contributed by atoms with van der Waals surface area (Å²) in [4.78, 5) is 2.50. The van der Waals surface area contributed by atoms with Gasteiger partial charge in [0.1, 0.15) is 0 Å². The van der Waals surface area contributed by atoms with Crippen LogP contribution in [0.25, 0.3) is 89.0 Å². The number of aryl methyl sites for hydroxylation is 4. The lowest BCUT2D eigenvalue weighted by Crippen LogP contribution is -2.16. The molecule has 0 saturated carbocycles. The van der Waals surface area contributed by atoms with E-state index in [0.717, 1.165) is 27.2 Å². The maximum atomic E-state index is 3.87. The van der Waals surface area contributed by atoms with E-state index in [-0.39, 0.29) is 18.3 Å². The summed E-state index contributed by atoms with van der Waals surface area (Å²) in [5.41, 5.74) is 36.3. The van der Waals surface area contributed by atoms with Gasteiger partial charge >= 0.3 is 0 Å². The van der Waals surface area contributed by atoms with Gasteiger partial charge in [0.05, 0.1) is 11.4 Å². The molecule has 0 spiro atoms. The second-order valence-corrected chi connectivity index (χ2v) is 27.7. The van der Waals surface area contributed by atoms with Crippen molar-refractivity contribution in [1.29, 1.82) is 0 Å². The van der Waals surface area contributed by atoms with E-state index in [9.17, 15) is 0 Å². The molecule has 0 fully saturated rings. The molecule has 0 heterocycles. The van der Waals surface area contributed by atoms with Gasteiger partial charge in [0.15, 0.2) is 0 Å². The summed E-state index contributed by atoms with van der Waals surface area (Å²) in [6.07, 6.45) is 0. The van der Waals surface area contributed by atoms with E-state index in [1.807, 2.05) is 6.07 Å². The highest BCUT2D eigenvalue weighted by molar-refractivity contribution is 9.10. The SMILES string of the molecule is Brc1ccc(-c2ccccc2)cc1.C.Cc1ccccc1-c1ccc(N(c2ccc(-c3ccccc3)cc2)c2cccc3c2-c2ccccc2C3(C)C)c(-c2ccccc2C)c1.Cc1ccccc1-c1ccc(Nc2cccc3c2-c2ccccc2C3(C)C)c(-c2ccccc2C)c1. The molecule has 0 aromatic heterocycles. The predicted molar refractivity (Wildman–Crippen MR) is 425 cm³/mol. The van der Waals surface area contributed by atoms with E-state index in [1.54, 1.807) is 0 Å². The first-order chi connectivity index (χ1) is 47.2. The largest absolute Gasteiger partial charge is 0.355 e. The Balaban J connectivity index is 0.000000151. The van der Waals surface area contributed by atoms with Crippen LogP contribution in [0.3, 0.4) is 0 Å². The number of rotatable bonds is 11. The van der Waals surface area contributed by atoms with Crippen molar-refractivity contribution in [2.45, 2.75) is 73.6 Å². The highest BCUT2D eigenvalue weighted by Gasteiger charge is 2.39. The summed E-state index contributed by atoms with van der Waals surface area (Å²) in [5.74, 6) is 0. The number of hydrogen-bond acceptors (Lipinski definition) is 2. The van der Waals surface area contributed by atoms with Crippen LogP contribution in [0.4, 0.5) is 28.4 Å². The third kappa shape index (κ3) is 12.8. The average molecular weight is 1330 g/mol. The van der Waals surface area contributed by atoms with Crippen LogP contribution in [-0.4, -0.2) is 0 Å². The molecule has 480 valence electrons. The Morgan fingerprint density at radius 1 is 0.265 bits per heavy atom. The minimum atomic E-state index is -0.0989. The third-order valence-electron chi connectivity index (χ3n) is 19.9. The smallest absolute Gasteiger partial charge is 0.0543 e. The topological polar surface area (TPSA) is 15.3 Å². The van der Waals surface area contributed by atoms with Crippen molar-refractivity contribution in [3.63, 3.8) is 0 Å². The lowest BCUT2D eigenvalue weighted by Gasteiger charge is -2.31. The lowest BCUT2D eigenvalue weighted by atomic mass is 9.82. The summed E-state index contributed by atoms with van der Waals surface area (Å²) in [6, 6.07) is 118. The van der Waals surface area contributed by atoms with Gasteiger partial charge in [-0.05, 0) is 200 Å². The molecule has 3 heteroatoms.